The number of thioether (sulfide) groups is 1. The van der Waals surface area contributed by atoms with Crippen molar-refractivity contribution in [1.29, 1.82) is 0 Å². The van der Waals surface area contributed by atoms with Crippen LogP contribution in [0.4, 0.5) is 5.69 Å². The quantitative estimate of drug-likeness (QED) is 0.558. The zero-order valence-electron chi connectivity index (χ0n) is 8.28. The Morgan fingerprint density at radius 2 is 2.14 bits per heavy atom. The fourth-order valence-corrected chi connectivity index (χ4v) is 1.98. The molecule has 0 aliphatic rings. The predicted molar refractivity (Wildman–Crippen MR) is 63.6 cm³/mol. The highest BCUT2D eigenvalue weighted by Crippen LogP contribution is 2.10. The third kappa shape index (κ3) is 4.53. The summed E-state index contributed by atoms with van der Waals surface area (Å²) < 4.78 is 0. The van der Waals surface area contributed by atoms with Gasteiger partial charge in [0, 0.05) is 11.4 Å². The second-order valence-electron chi connectivity index (χ2n) is 3.18. The van der Waals surface area contributed by atoms with Gasteiger partial charge in [0.05, 0.1) is 6.61 Å². The monoisotopic (exact) mass is 211 g/mol. The Bertz CT molecular complexity index is 265. The summed E-state index contributed by atoms with van der Waals surface area (Å²) in [5, 5.41) is 8.58. The molecule has 0 radical (unpaired) electrons. The van der Waals surface area contributed by atoms with Crippen LogP contribution >= 0.6 is 11.8 Å². The van der Waals surface area contributed by atoms with Crippen molar-refractivity contribution in [3.05, 3.63) is 29.8 Å². The maximum absolute atomic E-state index is 8.58. The van der Waals surface area contributed by atoms with Crippen LogP contribution in [0.25, 0.3) is 0 Å². The van der Waals surface area contributed by atoms with E-state index >= 15 is 0 Å². The summed E-state index contributed by atoms with van der Waals surface area (Å²) in [5.74, 6) is 1.95. The molecule has 0 bridgehead atoms. The molecule has 2 nitrogen and oxygen atoms in total. The van der Waals surface area contributed by atoms with Crippen LogP contribution in [0, 0.1) is 0 Å². The third-order valence-electron chi connectivity index (χ3n) is 1.94. The molecule has 1 aromatic carbocycles. The topological polar surface area (TPSA) is 46.2 Å². The van der Waals surface area contributed by atoms with Crippen LogP contribution in [-0.2, 0) is 6.42 Å². The van der Waals surface area contributed by atoms with Gasteiger partial charge in [-0.25, -0.2) is 0 Å². The highest BCUT2D eigenvalue weighted by atomic mass is 32.2. The molecule has 14 heavy (non-hydrogen) atoms. The molecule has 0 unspecified atom stereocenters. The summed E-state index contributed by atoms with van der Waals surface area (Å²) in [4.78, 5) is 0. The summed E-state index contributed by atoms with van der Waals surface area (Å²) in [7, 11) is 0. The molecular weight excluding hydrogens is 194 g/mol. The fourth-order valence-electron chi connectivity index (χ4n) is 1.29. The normalized spacial score (nSPS) is 10.4. The van der Waals surface area contributed by atoms with Gasteiger partial charge in [-0.1, -0.05) is 12.1 Å². The van der Waals surface area contributed by atoms with Crippen LogP contribution in [0.2, 0.25) is 0 Å². The van der Waals surface area contributed by atoms with Crippen molar-refractivity contribution in [3.8, 4) is 0 Å². The van der Waals surface area contributed by atoms with Gasteiger partial charge in [0.15, 0.2) is 0 Å². The minimum absolute atomic E-state index is 0.281. The standard InChI is InChI=1S/C11H17NOS/c12-11-5-1-3-10(9-11)4-2-7-14-8-6-13/h1,3,5,9,13H,2,4,6-8,12H2. The lowest BCUT2D eigenvalue weighted by molar-refractivity contribution is 0.322. The molecule has 1 aromatic rings. The van der Waals surface area contributed by atoms with Gasteiger partial charge in [0.2, 0.25) is 0 Å². The summed E-state index contributed by atoms with van der Waals surface area (Å²) in [6.07, 6.45) is 2.22. The molecule has 3 N–H and O–H groups in total. The summed E-state index contributed by atoms with van der Waals surface area (Å²) in [6, 6.07) is 8.03. The molecule has 0 aliphatic carbocycles. The Balaban J connectivity index is 2.18. The van der Waals surface area contributed by atoms with Crippen LogP contribution in [0.15, 0.2) is 24.3 Å². The van der Waals surface area contributed by atoms with Crippen LogP contribution < -0.4 is 5.73 Å². The van der Waals surface area contributed by atoms with Crippen molar-refractivity contribution in [2.75, 3.05) is 23.8 Å². The van der Waals surface area contributed by atoms with Gasteiger partial charge >= 0.3 is 0 Å². The number of hydrogen-bond donors (Lipinski definition) is 2. The Hall–Kier alpha value is -0.670. The van der Waals surface area contributed by atoms with E-state index < -0.39 is 0 Å². The number of aryl methyl sites for hydroxylation is 1. The lowest BCUT2D eigenvalue weighted by atomic mass is 10.1. The van der Waals surface area contributed by atoms with E-state index in [1.165, 1.54) is 5.56 Å². The fraction of sp³-hybridized carbons (Fsp3) is 0.455. The third-order valence-corrected chi connectivity index (χ3v) is 2.99. The maximum atomic E-state index is 8.58. The van der Waals surface area contributed by atoms with Gasteiger partial charge in [-0.15, -0.1) is 0 Å². The van der Waals surface area contributed by atoms with Crippen molar-refractivity contribution in [3.63, 3.8) is 0 Å². The van der Waals surface area contributed by atoms with Gasteiger partial charge in [-0.2, -0.15) is 11.8 Å². The zero-order valence-corrected chi connectivity index (χ0v) is 9.09. The average Bonchev–Trinajstić information content (AvgIpc) is 2.18. The molecule has 0 aliphatic heterocycles. The van der Waals surface area contributed by atoms with Crippen molar-refractivity contribution < 1.29 is 5.11 Å². The summed E-state index contributed by atoms with van der Waals surface area (Å²) >= 11 is 1.80. The van der Waals surface area contributed by atoms with Gasteiger partial charge in [-0.3, -0.25) is 0 Å². The number of hydrogen-bond acceptors (Lipinski definition) is 3. The Kier molecular flexibility index (Phi) is 5.49. The van der Waals surface area contributed by atoms with E-state index in [0.29, 0.717) is 0 Å². The Morgan fingerprint density at radius 1 is 1.29 bits per heavy atom. The smallest absolute Gasteiger partial charge is 0.0521 e. The van der Waals surface area contributed by atoms with Crippen molar-refractivity contribution in [2.45, 2.75) is 12.8 Å². The van der Waals surface area contributed by atoms with Gasteiger partial charge < -0.3 is 10.8 Å². The van der Waals surface area contributed by atoms with E-state index in [2.05, 4.69) is 6.07 Å². The number of nitrogen functional groups attached to an aromatic ring is 1. The number of aliphatic hydroxyl groups is 1. The molecule has 0 fully saturated rings. The molecule has 0 saturated carbocycles. The van der Waals surface area contributed by atoms with Crippen LogP contribution in [0.5, 0.6) is 0 Å². The number of aliphatic hydroxyl groups excluding tert-OH is 1. The highest BCUT2D eigenvalue weighted by Gasteiger charge is 1.94. The van der Waals surface area contributed by atoms with E-state index in [-0.39, 0.29) is 6.61 Å². The second kappa shape index (κ2) is 6.74. The van der Waals surface area contributed by atoms with Gasteiger partial charge in [-0.05, 0) is 36.3 Å². The molecule has 3 heteroatoms. The van der Waals surface area contributed by atoms with Crippen LogP contribution in [-0.4, -0.2) is 23.2 Å². The maximum Gasteiger partial charge on any atom is 0.0521 e. The minimum Gasteiger partial charge on any atom is -0.399 e. The first-order chi connectivity index (χ1) is 6.83. The number of rotatable bonds is 6. The molecule has 78 valence electrons. The van der Waals surface area contributed by atoms with Crippen molar-refractivity contribution >= 4 is 17.4 Å². The molecule has 0 saturated heterocycles. The second-order valence-corrected chi connectivity index (χ2v) is 4.41. The first-order valence-corrected chi connectivity index (χ1v) is 6.01. The van der Waals surface area contributed by atoms with E-state index in [1.807, 2.05) is 18.2 Å². The Morgan fingerprint density at radius 3 is 2.86 bits per heavy atom. The van der Waals surface area contributed by atoms with E-state index in [1.54, 1.807) is 11.8 Å². The number of anilines is 1. The Labute approximate surface area is 89.5 Å². The van der Waals surface area contributed by atoms with Crippen molar-refractivity contribution in [2.24, 2.45) is 0 Å². The molecule has 0 heterocycles. The molecule has 0 spiro atoms. The minimum atomic E-state index is 0.281. The SMILES string of the molecule is Nc1cccc(CCCSCCO)c1. The van der Waals surface area contributed by atoms with Gasteiger partial charge in [0.1, 0.15) is 0 Å². The molecule has 1 rings (SSSR count). The summed E-state index contributed by atoms with van der Waals surface area (Å²) in [5.41, 5.74) is 7.81. The van der Waals surface area contributed by atoms with E-state index in [4.69, 9.17) is 10.8 Å². The van der Waals surface area contributed by atoms with Gasteiger partial charge in [0.25, 0.3) is 0 Å². The molecule has 0 amide bonds. The first kappa shape index (κ1) is 11.4. The number of nitrogens with two attached hydrogens (primary N) is 1. The molecular formula is C11H17NOS. The van der Waals surface area contributed by atoms with Crippen molar-refractivity contribution in [1.82, 2.24) is 0 Å². The van der Waals surface area contributed by atoms with Crippen LogP contribution in [0.3, 0.4) is 0 Å². The van der Waals surface area contributed by atoms with E-state index in [0.717, 1.165) is 30.0 Å². The summed E-state index contributed by atoms with van der Waals surface area (Å²) in [6.45, 7) is 0.281. The predicted octanol–water partition coefficient (Wildman–Crippen LogP) is 1.93. The molecule has 0 atom stereocenters. The van der Waals surface area contributed by atoms with Crippen LogP contribution in [0.1, 0.15) is 12.0 Å². The largest absolute Gasteiger partial charge is 0.399 e. The lowest BCUT2D eigenvalue weighted by Gasteiger charge is -2.02. The number of benzene rings is 1. The first-order valence-electron chi connectivity index (χ1n) is 4.86. The molecule has 0 aromatic heterocycles. The van der Waals surface area contributed by atoms with E-state index in [9.17, 15) is 0 Å². The lowest BCUT2D eigenvalue weighted by Crippen LogP contribution is -1.92. The average molecular weight is 211 g/mol. The highest BCUT2D eigenvalue weighted by molar-refractivity contribution is 7.99. The zero-order chi connectivity index (χ0) is 10.2.